The smallest absolute Gasteiger partial charge is 0.376 e. The first kappa shape index (κ1) is 9.68. The van der Waals surface area contributed by atoms with Crippen LogP contribution >= 0.6 is 0 Å². The minimum Gasteiger partial charge on any atom is -0.540 e. The molecule has 0 spiro atoms. The lowest BCUT2D eigenvalue weighted by Gasteiger charge is -2.11. The molecule has 0 aromatic rings. The van der Waals surface area contributed by atoms with Crippen molar-refractivity contribution in [3.05, 3.63) is 12.3 Å². The molecule has 0 bridgehead atoms. The van der Waals surface area contributed by atoms with Crippen molar-refractivity contribution < 1.29 is 13.9 Å². The Hall–Kier alpha value is -0.323. The zero-order valence-electron chi connectivity index (χ0n) is 6.51. The van der Waals surface area contributed by atoms with Crippen molar-refractivity contribution in [2.24, 2.45) is 0 Å². The van der Waals surface area contributed by atoms with E-state index in [-0.39, 0.29) is 15.7 Å². The molecule has 0 saturated carbocycles. The maximum Gasteiger partial charge on any atom is 0.376 e. The molecule has 0 aliphatic rings. The lowest BCUT2D eigenvalue weighted by atomic mass is 10.7. The Morgan fingerprint density at radius 2 is 1.90 bits per heavy atom. The number of hydrogen-bond acceptors (Lipinski definition) is 3. The first-order chi connectivity index (χ1) is 4.70. The Morgan fingerprint density at radius 1 is 1.40 bits per heavy atom. The van der Waals surface area contributed by atoms with E-state index in [1.807, 2.05) is 0 Å². The van der Waals surface area contributed by atoms with Crippen molar-refractivity contribution in [3.63, 3.8) is 0 Å². The van der Waals surface area contributed by atoms with Gasteiger partial charge in [-0.1, -0.05) is 6.58 Å². The fraction of sp³-hybridized carbons (Fsp3) is 0.667. The maximum atomic E-state index is 5.07. The van der Waals surface area contributed by atoms with Gasteiger partial charge in [0, 0.05) is 14.2 Å². The van der Waals surface area contributed by atoms with Gasteiger partial charge >= 0.3 is 9.76 Å². The number of hydrogen-bond donors (Lipinski definition) is 0. The minimum atomic E-state index is -0.267. The monoisotopic (exact) mass is 160 g/mol. The molecule has 0 unspecified atom stereocenters. The molecule has 0 aliphatic heterocycles. The second-order valence-corrected chi connectivity index (χ2v) is 2.64. The van der Waals surface area contributed by atoms with Gasteiger partial charge < -0.3 is 13.9 Å². The summed E-state index contributed by atoms with van der Waals surface area (Å²) >= 11 is 0. The molecule has 0 N–H and O–H groups in total. The summed E-state index contributed by atoms with van der Waals surface area (Å²) in [7, 11) is 3.30. The summed E-state index contributed by atoms with van der Waals surface area (Å²) in [6, 6.07) is 0. The Bertz CT molecular complexity index is 101. The number of methoxy groups -OCH3 is 2. The van der Waals surface area contributed by atoms with Crippen LogP contribution in [-0.2, 0) is 13.9 Å². The summed E-state index contributed by atoms with van der Waals surface area (Å²) in [6.07, 6.45) is 0. The van der Waals surface area contributed by atoms with Gasteiger partial charge in [0.25, 0.3) is 0 Å². The van der Waals surface area contributed by atoms with Gasteiger partial charge in [-0.15, -0.1) is 0 Å². The molecule has 0 heterocycles. The van der Waals surface area contributed by atoms with Crippen LogP contribution in [0.4, 0.5) is 0 Å². The Morgan fingerprint density at radius 3 is 2.20 bits per heavy atom. The summed E-state index contributed by atoms with van der Waals surface area (Å²) in [5, 5.41) is 0. The molecular formula is C6H12O3Si. The highest BCUT2D eigenvalue weighted by Crippen LogP contribution is 1.93. The summed E-state index contributed by atoms with van der Waals surface area (Å²) in [6.45, 7) is 5.36. The summed E-state index contributed by atoms with van der Waals surface area (Å²) in [5.41, 5.74) is 0. The number of rotatable bonds is 5. The molecule has 4 heteroatoms. The highest BCUT2D eigenvalue weighted by molar-refractivity contribution is 6.28. The standard InChI is InChI=1S/C6H12O3Si/c1-5(2)9-10-6(7-3)8-4/h6H,1H2,2-4H3. The van der Waals surface area contributed by atoms with E-state index in [0.717, 1.165) is 0 Å². The summed E-state index contributed by atoms with van der Waals surface area (Å²) in [5.74, 6) is 0.411. The third-order valence-corrected chi connectivity index (χ3v) is 1.89. The van der Waals surface area contributed by atoms with E-state index >= 15 is 0 Å². The van der Waals surface area contributed by atoms with E-state index in [0.29, 0.717) is 5.76 Å². The van der Waals surface area contributed by atoms with Gasteiger partial charge in [0.2, 0.25) is 0 Å². The second-order valence-electron chi connectivity index (χ2n) is 1.73. The molecule has 58 valence electrons. The lowest BCUT2D eigenvalue weighted by molar-refractivity contribution is -0.0509. The van der Waals surface area contributed by atoms with Gasteiger partial charge in [0.15, 0.2) is 5.91 Å². The molecule has 0 aromatic heterocycles. The average Bonchev–Trinajstić information content (AvgIpc) is 1.90. The third kappa shape index (κ3) is 4.55. The average molecular weight is 160 g/mol. The fourth-order valence-corrected chi connectivity index (χ4v) is 0.831. The quantitative estimate of drug-likeness (QED) is 0.337. The first-order valence-corrected chi connectivity index (χ1v) is 3.82. The van der Waals surface area contributed by atoms with E-state index < -0.39 is 0 Å². The van der Waals surface area contributed by atoms with Crippen molar-refractivity contribution in [2.75, 3.05) is 14.2 Å². The number of allylic oxidation sites excluding steroid dienone is 1. The molecule has 3 nitrogen and oxygen atoms in total. The molecular weight excluding hydrogens is 148 g/mol. The molecule has 0 aliphatic carbocycles. The predicted molar refractivity (Wildman–Crippen MR) is 39.5 cm³/mol. The van der Waals surface area contributed by atoms with Crippen LogP contribution in [0.5, 0.6) is 0 Å². The van der Waals surface area contributed by atoms with Crippen LogP contribution in [0.1, 0.15) is 6.92 Å². The van der Waals surface area contributed by atoms with Crippen molar-refractivity contribution in [1.82, 2.24) is 0 Å². The van der Waals surface area contributed by atoms with Crippen molar-refractivity contribution >= 4 is 9.76 Å². The first-order valence-electron chi connectivity index (χ1n) is 2.84. The highest BCUT2D eigenvalue weighted by Gasteiger charge is 2.08. The van der Waals surface area contributed by atoms with Gasteiger partial charge in [0.05, 0.1) is 5.76 Å². The van der Waals surface area contributed by atoms with Crippen molar-refractivity contribution in [3.8, 4) is 0 Å². The zero-order chi connectivity index (χ0) is 7.98. The van der Waals surface area contributed by atoms with Gasteiger partial charge in [0.1, 0.15) is 0 Å². The minimum absolute atomic E-state index is 0.160. The molecule has 0 amide bonds. The molecule has 0 fully saturated rings. The predicted octanol–water partition coefficient (Wildman–Crippen LogP) is 0.732. The van der Waals surface area contributed by atoms with Gasteiger partial charge in [-0.05, 0) is 6.92 Å². The highest BCUT2D eigenvalue weighted by atomic mass is 28.2. The zero-order valence-corrected chi connectivity index (χ0v) is 7.51. The van der Waals surface area contributed by atoms with Crippen LogP contribution in [0.25, 0.3) is 0 Å². The largest absolute Gasteiger partial charge is 0.540 e. The van der Waals surface area contributed by atoms with Crippen LogP contribution < -0.4 is 0 Å². The van der Waals surface area contributed by atoms with Crippen LogP contribution in [0.3, 0.4) is 0 Å². The molecule has 0 saturated heterocycles. The van der Waals surface area contributed by atoms with Crippen LogP contribution in [0.2, 0.25) is 0 Å². The third-order valence-electron chi connectivity index (χ3n) is 0.758. The molecule has 10 heavy (non-hydrogen) atoms. The lowest BCUT2D eigenvalue weighted by Crippen LogP contribution is -2.23. The molecule has 0 aromatic carbocycles. The fourth-order valence-electron chi connectivity index (χ4n) is 0.341. The molecule has 2 radical (unpaired) electrons. The van der Waals surface area contributed by atoms with Crippen LogP contribution in [0, 0.1) is 0 Å². The van der Waals surface area contributed by atoms with E-state index in [4.69, 9.17) is 13.9 Å². The van der Waals surface area contributed by atoms with E-state index in [2.05, 4.69) is 6.58 Å². The Labute approximate surface area is 63.9 Å². The molecule has 0 atom stereocenters. The SMILES string of the molecule is C=C(C)O[Si]C(OC)OC. The van der Waals surface area contributed by atoms with Crippen LogP contribution in [-0.4, -0.2) is 29.9 Å². The topological polar surface area (TPSA) is 27.7 Å². The summed E-state index contributed by atoms with van der Waals surface area (Å²) < 4.78 is 14.8. The van der Waals surface area contributed by atoms with E-state index in [1.54, 1.807) is 21.1 Å². The normalized spacial score (nSPS) is 10.0. The Balaban J connectivity index is 3.34. The number of ether oxygens (including phenoxy) is 2. The summed E-state index contributed by atoms with van der Waals surface area (Å²) in [4.78, 5) is 0. The van der Waals surface area contributed by atoms with Crippen LogP contribution in [0.15, 0.2) is 12.3 Å². The van der Waals surface area contributed by atoms with Gasteiger partial charge in [-0.2, -0.15) is 0 Å². The van der Waals surface area contributed by atoms with Crippen molar-refractivity contribution in [2.45, 2.75) is 12.8 Å². The maximum absolute atomic E-state index is 5.07. The van der Waals surface area contributed by atoms with Gasteiger partial charge in [-0.25, -0.2) is 0 Å². The van der Waals surface area contributed by atoms with E-state index in [1.165, 1.54) is 0 Å². The van der Waals surface area contributed by atoms with E-state index in [9.17, 15) is 0 Å². The van der Waals surface area contributed by atoms with Gasteiger partial charge in [-0.3, -0.25) is 0 Å². The second kappa shape index (κ2) is 5.46. The Kier molecular flexibility index (Phi) is 5.28. The molecule has 0 rings (SSSR count). The van der Waals surface area contributed by atoms with Crippen molar-refractivity contribution in [1.29, 1.82) is 0 Å².